The van der Waals surface area contributed by atoms with Crippen LogP contribution in [0.4, 0.5) is 0 Å². The summed E-state index contributed by atoms with van der Waals surface area (Å²) >= 11 is 1.54. The highest BCUT2D eigenvalue weighted by Crippen LogP contribution is 2.16. The Kier molecular flexibility index (Phi) is 9.57. The lowest BCUT2D eigenvalue weighted by atomic mass is 10.2. The van der Waals surface area contributed by atoms with Crippen molar-refractivity contribution in [3.63, 3.8) is 0 Å². The molecule has 0 aliphatic carbocycles. The molecule has 2 aromatic rings. The Bertz CT molecular complexity index is 950. The van der Waals surface area contributed by atoms with Gasteiger partial charge in [-0.25, -0.2) is 26.3 Å². The molecule has 172 valence electrons. The highest BCUT2D eigenvalue weighted by Gasteiger charge is 2.21. The second-order valence-corrected chi connectivity index (χ2v) is 12.1. The molecular weight excluding hydrogens is 452 g/mol. The zero-order chi connectivity index (χ0) is 23.1. The van der Waals surface area contributed by atoms with Crippen molar-refractivity contribution in [2.45, 2.75) is 62.4 Å². The molecule has 0 aliphatic heterocycles. The minimum Gasteiger partial charge on any atom is -0.207 e. The number of rotatable bonds is 12. The van der Waals surface area contributed by atoms with Gasteiger partial charge in [0, 0.05) is 23.6 Å². The van der Waals surface area contributed by atoms with E-state index in [1.807, 2.05) is 27.7 Å². The molecule has 2 atom stereocenters. The van der Waals surface area contributed by atoms with Crippen molar-refractivity contribution in [2.24, 2.45) is 0 Å². The predicted octanol–water partition coefficient (Wildman–Crippen LogP) is 3.85. The number of thioether (sulfide) groups is 1. The molecule has 0 unspecified atom stereocenters. The van der Waals surface area contributed by atoms with E-state index in [9.17, 15) is 16.8 Å². The zero-order valence-electron chi connectivity index (χ0n) is 18.5. The van der Waals surface area contributed by atoms with Gasteiger partial charge in [0.25, 0.3) is 0 Å². The van der Waals surface area contributed by atoms with Crippen molar-refractivity contribution in [3.05, 3.63) is 59.7 Å². The Hall–Kier alpha value is -1.39. The van der Waals surface area contributed by atoms with Crippen LogP contribution in [0.15, 0.2) is 58.3 Å². The van der Waals surface area contributed by atoms with Gasteiger partial charge in [0.15, 0.2) is 0 Å². The highest BCUT2D eigenvalue weighted by molar-refractivity contribution is 7.99. The lowest BCUT2D eigenvalue weighted by molar-refractivity contribution is 0.556. The van der Waals surface area contributed by atoms with Crippen molar-refractivity contribution in [1.29, 1.82) is 0 Å². The molecule has 0 aliphatic rings. The van der Waals surface area contributed by atoms with Crippen molar-refractivity contribution < 1.29 is 16.8 Å². The third kappa shape index (κ3) is 7.91. The predicted molar refractivity (Wildman–Crippen MR) is 128 cm³/mol. The number of sulfonamides is 2. The van der Waals surface area contributed by atoms with Gasteiger partial charge in [-0.3, -0.25) is 0 Å². The van der Waals surface area contributed by atoms with Crippen LogP contribution in [-0.4, -0.2) is 40.4 Å². The maximum atomic E-state index is 12.6. The normalized spacial score (nSPS) is 14.3. The number of aryl methyl sites for hydroxylation is 2. The summed E-state index contributed by atoms with van der Waals surface area (Å²) in [5.41, 5.74) is 2.00. The average Bonchev–Trinajstić information content (AvgIpc) is 2.72. The SMILES string of the molecule is CC[C@@H](CSC[C@H](CC)NS(=O)(=O)c1ccc(C)cc1)NS(=O)(=O)c1ccc(C)cc1. The standard InChI is InChI=1S/C22H32N2O4S3/c1-5-19(23-30(25,26)21-11-7-17(3)8-12-21)15-29-16-20(6-2)24-31(27,28)22-13-9-18(4)10-14-22/h7-14,19-20,23-24H,5-6,15-16H2,1-4H3/t19-,20-/m0/s1. The summed E-state index contributed by atoms with van der Waals surface area (Å²) in [6.45, 7) is 7.68. The molecule has 6 nitrogen and oxygen atoms in total. The van der Waals surface area contributed by atoms with Gasteiger partial charge in [-0.2, -0.15) is 11.8 Å². The Morgan fingerprint density at radius 3 is 1.29 bits per heavy atom. The summed E-state index contributed by atoms with van der Waals surface area (Å²) in [4.78, 5) is 0.498. The fourth-order valence-corrected chi connectivity index (χ4v) is 7.03. The van der Waals surface area contributed by atoms with E-state index in [2.05, 4.69) is 9.44 Å². The first kappa shape index (κ1) is 25.9. The second-order valence-electron chi connectivity index (χ2n) is 7.62. The van der Waals surface area contributed by atoms with Crippen LogP contribution in [0.3, 0.4) is 0 Å². The summed E-state index contributed by atoms with van der Waals surface area (Å²) in [5, 5.41) is 0. The van der Waals surface area contributed by atoms with Gasteiger partial charge in [-0.15, -0.1) is 0 Å². The van der Waals surface area contributed by atoms with Crippen LogP contribution in [0.1, 0.15) is 37.8 Å². The number of hydrogen-bond donors (Lipinski definition) is 2. The zero-order valence-corrected chi connectivity index (χ0v) is 20.9. The van der Waals surface area contributed by atoms with Crippen LogP contribution < -0.4 is 9.44 Å². The number of nitrogens with one attached hydrogen (secondary N) is 2. The smallest absolute Gasteiger partial charge is 0.207 e. The maximum Gasteiger partial charge on any atom is 0.240 e. The minimum absolute atomic E-state index is 0.234. The molecule has 0 saturated heterocycles. The molecule has 0 heterocycles. The lowest BCUT2D eigenvalue weighted by Crippen LogP contribution is -2.38. The maximum absolute atomic E-state index is 12.6. The van der Waals surface area contributed by atoms with Crippen molar-refractivity contribution in [1.82, 2.24) is 9.44 Å². The van der Waals surface area contributed by atoms with Gasteiger partial charge in [0.1, 0.15) is 0 Å². The number of benzene rings is 2. The monoisotopic (exact) mass is 484 g/mol. The van der Waals surface area contributed by atoms with E-state index in [1.54, 1.807) is 60.3 Å². The molecule has 0 fully saturated rings. The van der Waals surface area contributed by atoms with E-state index in [-0.39, 0.29) is 21.9 Å². The summed E-state index contributed by atoms with van der Waals surface area (Å²) in [7, 11) is -7.18. The molecule has 0 amide bonds. The average molecular weight is 485 g/mol. The lowest BCUT2D eigenvalue weighted by Gasteiger charge is -2.20. The van der Waals surface area contributed by atoms with Crippen LogP contribution in [0.5, 0.6) is 0 Å². The fraction of sp³-hybridized carbons (Fsp3) is 0.455. The van der Waals surface area contributed by atoms with E-state index in [1.165, 1.54) is 0 Å². The molecule has 0 saturated carbocycles. The molecule has 0 aromatic heterocycles. The molecule has 31 heavy (non-hydrogen) atoms. The Morgan fingerprint density at radius 2 is 1.00 bits per heavy atom. The van der Waals surface area contributed by atoms with E-state index >= 15 is 0 Å². The molecule has 2 rings (SSSR count). The third-order valence-corrected chi connectivity index (χ3v) is 9.28. The molecule has 0 radical (unpaired) electrons. The van der Waals surface area contributed by atoms with E-state index in [4.69, 9.17) is 0 Å². The van der Waals surface area contributed by atoms with E-state index in [0.717, 1.165) is 11.1 Å². The third-order valence-electron chi connectivity index (χ3n) is 4.93. The molecule has 0 bridgehead atoms. The van der Waals surface area contributed by atoms with Gasteiger partial charge >= 0.3 is 0 Å². The largest absolute Gasteiger partial charge is 0.240 e. The van der Waals surface area contributed by atoms with Crippen LogP contribution in [-0.2, 0) is 20.0 Å². The van der Waals surface area contributed by atoms with Crippen LogP contribution in [0.25, 0.3) is 0 Å². The van der Waals surface area contributed by atoms with Crippen molar-refractivity contribution in [2.75, 3.05) is 11.5 Å². The van der Waals surface area contributed by atoms with Crippen LogP contribution >= 0.6 is 11.8 Å². The second kappa shape index (κ2) is 11.5. The van der Waals surface area contributed by atoms with Gasteiger partial charge < -0.3 is 0 Å². The van der Waals surface area contributed by atoms with E-state index < -0.39 is 20.0 Å². The van der Waals surface area contributed by atoms with E-state index in [0.29, 0.717) is 24.3 Å². The van der Waals surface area contributed by atoms with Gasteiger partial charge in [0.2, 0.25) is 20.0 Å². The summed E-state index contributed by atoms with van der Waals surface area (Å²) in [6.07, 6.45) is 1.29. The van der Waals surface area contributed by atoms with Gasteiger partial charge in [-0.05, 0) is 51.0 Å². The van der Waals surface area contributed by atoms with Gasteiger partial charge in [0.05, 0.1) is 9.79 Å². The topological polar surface area (TPSA) is 92.3 Å². The molecular formula is C22H32N2O4S3. The summed E-state index contributed by atoms with van der Waals surface area (Å²) < 4.78 is 56.0. The van der Waals surface area contributed by atoms with Crippen LogP contribution in [0.2, 0.25) is 0 Å². The first-order valence-electron chi connectivity index (χ1n) is 10.3. The van der Waals surface area contributed by atoms with Crippen molar-refractivity contribution in [3.8, 4) is 0 Å². The fourth-order valence-electron chi connectivity index (χ4n) is 2.83. The molecule has 2 N–H and O–H groups in total. The van der Waals surface area contributed by atoms with Gasteiger partial charge in [-0.1, -0.05) is 49.2 Å². The summed E-state index contributed by atoms with van der Waals surface area (Å²) in [6, 6.07) is 13.0. The molecule has 0 spiro atoms. The minimum atomic E-state index is -3.59. The highest BCUT2D eigenvalue weighted by atomic mass is 32.2. The first-order valence-corrected chi connectivity index (χ1v) is 14.4. The quantitative estimate of drug-likeness (QED) is 0.477. The first-order chi connectivity index (χ1) is 14.6. The molecule has 9 heteroatoms. The number of hydrogen-bond acceptors (Lipinski definition) is 5. The summed E-state index contributed by atoms with van der Waals surface area (Å²) in [5.74, 6) is 1.12. The van der Waals surface area contributed by atoms with Crippen LogP contribution in [0, 0.1) is 13.8 Å². The molecule has 2 aromatic carbocycles. The van der Waals surface area contributed by atoms with Crippen molar-refractivity contribution >= 4 is 31.8 Å². The Morgan fingerprint density at radius 1 is 0.677 bits per heavy atom. The Labute approximate surface area is 191 Å². The Balaban J connectivity index is 1.92.